The van der Waals surface area contributed by atoms with Gasteiger partial charge in [0.05, 0.1) is 18.5 Å². The maximum Gasteiger partial charge on any atom is 0.333 e. The van der Waals surface area contributed by atoms with Crippen molar-refractivity contribution in [2.24, 2.45) is 5.10 Å². The summed E-state index contributed by atoms with van der Waals surface area (Å²) in [6.45, 7) is 1.44. The monoisotopic (exact) mass is 366 g/mol. The topological polar surface area (TPSA) is 41.9 Å². The third kappa shape index (κ3) is 2.91. The molecule has 0 aromatic heterocycles. The summed E-state index contributed by atoms with van der Waals surface area (Å²) < 4.78 is 59.5. The number of methoxy groups -OCH3 is 1. The molecule has 1 aliphatic heterocycles. The van der Waals surface area contributed by atoms with Gasteiger partial charge in [-0.2, -0.15) is 5.10 Å². The second-order valence-electron chi connectivity index (χ2n) is 6.02. The number of ether oxygens (including phenoxy) is 1. The van der Waals surface area contributed by atoms with Crippen LogP contribution in [-0.2, 0) is 9.53 Å². The highest BCUT2D eigenvalue weighted by Gasteiger charge is 2.48. The van der Waals surface area contributed by atoms with Crippen molar-refractivity contribution in [1.29, 1.82) is 0 Å². The van der Waals surface area contributed by atoms with Gasteiger partial charge >= 0.3 is 5.97 Å². The first-order valence-corrected chi connectivity index (χ1v) is 7.63. The molecule has 0 spiro atoms. The van der Waals surface area contributed by atoms with Crippen molar-refractivity contribution in [2.75, 3.05) is 12.1 Å². The van der Waals surface area contributed by atoms with E-state index in [0.717, 1.165) is 30.3 Å². The highest BCUT2D eigenvalue weighted by atomic mass is 19.1. The van der Waals surface area contributed by atoms with Gasteiger partial charge in [0.1, 0.15) is 17.5 Å². The van der Waals surface area contributed by atoms with E-state index in [1.165, 1.54) is 13.0 Å². The van der Waals surface area contributed by atoms with E-state index in [9.17, 15) is 22.4 Å². The smallest absolute Gasteiger partial charge is 0.333 e. The lowest BCUT2D eigenvalue weighted by molar-refractivity contribution is -0.146. The van der Waals surface area contributed by atoms with Crippen LogP contribution in [0.5, 0.6) is 0 Å². The Hall–Kier alpha value is -2.90. The van der Waals surface area contributed by atoms with Gasteiger partial charge in [0.25, 0.3) is 0 Å². The number of hydrogen-bond donors (Lipinski definition) is 0. The molecule has 4 nitrogen and oxygen atoms in total. The Morgan fingerprint density at radius 2 is 1.69 bits per heavy atom. The summed E-state index contributed by atoms with van der Waals surface area (Å²) in [5.41, 5.74) is -1.56. The first-order valence-electron chi connectivity index (χ1n) is 7.63. The van der Waals surface area contributed by atoms with E-state index in [2.05, 4.69) is 5.10 Å². The second kappa shape index (κ2) is 6.44. The van der Waals surface area contributed by atoms with Crippen molar-refractivity contribution in [3.05, 3.63) is 65.2 Å². The Bertz CT molecular complexity index is 916. The van der Waals surface area contributed by atoms with Gasteiger partial charge in [0.2, 0.25) is 0 Å². The van der Waals surface area contributed by atoms with E-state index in [4.69, 9.17) is 4.74 Å². The maximum atomic E-state index is 14.2. The summed E-state index contributed by atoms with van der Waals surface area (Å²) >= 11 is 0. The van der Waals surface area contributed by atoms with Crippen LogP contribution in [0.2, 0.25) is 0 Å². The largest absolute Gasteiger partial charge is 0.467 e. The van der Waals surface area contributed by atoms with E-state index in [1.54, 1.807) is 0 Å². The maximum absolute atomic E-state index is 14.2. The van der Waals surface area contributed by atoms with E-state index >= 15 is 0 Å². The van der Waals surface area contributed by atoms with E-state index < -0.39 is 34.8 Å². The average molecular weight is 366 g/mol. The summed E-state index contributed by atoms with van der Waals surface area (Å²) in [5, 5.41) is 5.19. The van der Waals surface area contributed by atoms with Crippen molar-refractivity contribution in [2.45, 2.75) is 18.9 Å². The van der Waals surface area contributed by atoms with Crippen LogP contribution in [-0.4, -0.2) is 24.3 Å². The van der Waals surface area contributed by atoms with Crippen LogP contribution in [0.15, 0.2) is 41.5 Å². The standard InChI is InChI=1S/C18H14F4N2O2/c1-18(17(25)26-2)9-15(12-5-3-10(19)7-13(12)21)23-24(18)16-6-4-11(20)8-14(16)22/h3-8H,9H2,1-2H3. The molecule has 1 atom stereocenters. The predicted octanol–water partition coefficient (Wildman–Crippen LogP) is 3.79. The number of hydrogen-bond acceptors (Lipinski definition) is 4. The molecule has 0 bridgehead atoms. The minimum atomic E-state index is -1.48. The lowest BCUT2D eigenvalue weighted by atomic mass is 9.92. The lowest BCUT2D eigenvalue weighted by Crippen LogP contribution is -2.48. The van der Waals surface area contributed by atoms with Crippen LogP contribution in [0.3, 0.4) is 0 Å². The number of rotatable bonds is 3. The molecule has 2 aromatic carbocycles. The molecule has 0 fully saturated rings. The summed E-state index contributed by atoms with van der Waals surface area (Å²) in [6.07, 6.45) is -0.112. The zero-order valence-electron chi connectivity index (χ0n) is 13.9. The number of nitrogens with zero attached hydrogens (tertiary/aromatic N) is 2. The molecule has 1 heterocycles. The fourth-order valence-corrected chi connectivity index (χ4v) is 2.89. The quantitative estimate of drug-likeness (QED) is 0.613. The molecule has 8 heteroatoms. The molecule has 0 saturated heterocycles. The molecule has 1 aliphatic rings. The lowest BCUT2D eigenvalue weighted by Gasteiger charge is -2.31. The number of hydrazone groups is 1. The van der Waals surface area contributed by atoms with Gasteiger partial charge in [-0.15, -0.1) is 0 Å². The first-order chi connectivity index (χ1) is 12.3. The fourth-order valence-electron chi connectivity index (χ4n) is 2.89. The zero-order chi connectivity index (χ0) is 19.1. The van der Waals surface area contributed by atoms with Gasteiger partial charge in [-0.1, -0.05) is 0 Å². The van der Waals surface area contributed by atoms with Crippen LogP contribution >= 0.6 is 0 Å². The van der Waals surface area contributed by atoms with E-state index in [-0.39, 0.29) is 23.4 Å². The van der Waals surface area contributed by atoms with Gasteiger partial charge in [0.15, 0.2) is 11.4 Å². The van der Waals surface area contributed by atoms with Crippen molar-refractivity contribution < 1.29 is 27.1 Å². The molecule has 0 N–H and O–H groups in total. The van der Waals surface area contributed by atoms with Gasteiger partial charge in [-0.25, -0.2) is 27.4 Å². The van der Waals surface area contributed by atoms with Crippen LogP contribution in [0.1, 0.15) is 18.9 Å². The molecular formula is C18H14F4N2O2. The number of halogens is 4. The molecule has 0 radical (unpaired) electrons. The van der Waals surface area contributed by atoms with Crippen molar-refractivity contribution in [3.63, 3.8) is 0 Å². The summed E-state index contributed by atoms with van der Waals surface area (Å²) in [4.78, 5) is 12.3. The van der Waals surface area contributed by atoms with Crippen molar-refractivity contribution in [3.8, 4) is 0 Å². The Morgan fingerprint density at radius 1 is 1.08 bits per heavy atom. The highest BCUT2D eigenvalue weighted by molar-refractivity contribution is 6.08. The SMILES string of the molecule is COC(=O)C1(C)CC(c2ccc(F)cc2F)=NN1c1ccc(F)cc1F. The third-order valence-corrected chi connectivity index (χ3v) is 4.20. The molecular weight excluding hydrogens is 352 g/mol. The third-order valence-electron chi connectivity index (χ3n) is 4.20. The number of carbonyl (C=O) groups excluding carboxylic acids is 1. The fraction of sp³-hybridized carbons (Fsp3) is 0.222. The zero-order valence-corrected chi connectivity index (χ0v) is 13.9. The Morgan fingerprint density at radius 3 is 2.27 bits per heavy atom. The minimum Gasteiger partial charge on any atom is -0.467 e. The summed E-state index contributed by atoms with van der Waals surface area (Å²) in [5.74, 6) is -4.09. The van der Waals surface area contributed by atoms with E-state index in [1.807, 2.05) is 0 Å². The number of anilines is 1. The number of carbonyl (C=O) groups is 1. The highest BCUT2D eigenvalue weighted by Crippen LogP contribution is 2.37. The van der Waals surface area contributed by atoms with Gasteiger partial charge in [-0.05, 0) is 31.2 Å². The molecule has 0 amide bonds. The molecule has 0 aliphatic carbocycles. The molecule has 2 aromatic rings. The normalized spacial score (nSPS) is 19.5. The average Bonchev–Trinajstić information content (AvgIpc) is 2.92. The molecule has 136 valence electrons. The second-order valence-corrected chi connectivity index (χ2v) is 6.02. The van der Waals surface area contributed by atoms with Crippen LogP contribution in [0.25, 0.3) is 0 Å². The summed E-state index contributed by atoms with van der Waals surface area (Å²) in [7, 11) is 1.16. The Labute approximate surface area is 146 Å². The van der Waals surface area contributed by atoms with Gasteiger partial charge < -0.3 is 4.74 Å². The first kappa shape index (κ1) is 17.9. The minimum absolute atomic E-state index is 0.0217. The Balaban J connectivity index is 2.13. The van der Waals surface area contributed by atoms with Gasteiger partial charge in [-0.3, -0.25) is 0 Å². The molecule has 0 saturated carbocycles. The molecule has 26 heavy (non-hydrogen) atoms. The van der Waals surface area contributed by atoms with Crippen molar-refractivity contribution >= 4 is 17.4 Å². The summed E-state index contributed by atoms with van der Waals surface area (Å²) in [6, 6.07) is 5.72. The number of benzene rings is 2. The van der Waals surface area contributed by atoms with Crippen LogP contribution < -0.4 is 5.01 Å². The van der Waals surface area contributed by atoms with Crippen molar-refractivity contribution in [1.82, 2.24) is 0 Å². The molecule has 3 rings (SSSR count). The Kier molecular flexibility index (Phi) is 4.43. The van der Waals surface area contributed by atoms with Crippen LogP contribution in [0.4, 0.5) is 23.2 Å². The predicted molar refractivity (Wildman–Crippen MR) is 86.8 cm³/mol. The van der Waals surface area contributed by atoms with Crippen LogP contribution in [0, 0.1) is 23.3 Å². The van der Waals surface area contributed by atoms with E-state index in [0.29, 0.717) is 12.1 Å². The van der Waals surface area contributed by atoms with Gasteiger partial charge in [0, 0.05) is 24.1 Å². The number of esters is 1. The molecule has 1 unspecified atom stereocenters.